The zero-order valence-electron chi connectivity index (χ0n) is 14.1. The average Bonchev–Trinajstić information content (AvgIpc) is 3.27. The van der Waals surface area contributed by atoms with Gasteiger partial charge in [-0.2, -0.15) is 8.42 Å². The Labute approximate surface area is 146 Å². The third kappa shape index (κ3) is 3.63. The largest absolute Gasteiger partial charge is 0.493 e. The number of likely N-dealkylation sites (tertiary alicyclic amines) is 1. The summed E-state index contributed by atoms with van der Waals surface area (Å²) in [6.07, 6.45) is 3.20. The number of methoxy groups -OCH3 is 1. The van der Waals surface area contributed by atoms with Crippen LogP contribution in [-0.4, -0.2) is 44.4 Å². The second kappa shape index (κ2) is 6.79. The van der Waals surface area contributed by atoms with Gasteiger partial charge in [0, 0.05) is 19.3 Å². The lowest BCUT2D eigenvalue weighted by Gasteiger charge is -2.13. The summed E-state index contributed by atoms with van der Waals surface area (Å²) < 4.78 is 35.3. The molecule has 0 unspecified atom stereocenters. The molecule has 0 saturated carbocycles. The number of nitrogens with zero attached hydrogens (tertiary/aromatic N) is 1. The predicted octanol–water partition coefficient (Wildman–Crippen LogP) is 2.34. The van der Waals surface area contributed by atoms with E-state index in [0.29, 0.717) is 18.8 Å². The van der Waals surface area contributed by atoms with E-state index >= 15 is 0 Å². The molecule has 1 fully saturated rings. The van der Waals surface area contributed by atoms with Gasteiger partial charge in [-0.3, -0.25) is 4.79 Å². The third-order valence-electron chi connectivity index (χ3n) is 4.09. The van der Waals surface area contributed by atoms with Gasteiger partial charge >= 0.3 is 10.1 Å². The SMILES string of the molecule is COc1cc(C)ccc1OS(=O)(=O)c1c[nH]c(C(=O)N2CCCC2)c1. The molecule has 1 amide bonds. The lowest BCUT2D eigenvalue weighted by Crippen LogP contribution is -2.27. The molecule has 7 nitrogen and oxygen atoms in total. The van der Waals surface area contributed by atoms with Crippen molar-refractivity contribution in [1.29, 1.82) is 0 Å². The highest BCUT2D eigenvalue weighted by Gasteiger charge is 2.25. The van der Waals surface area contributed by atoms with Gasteiger partial charge in [0.2, 0.25) is 0 Å². The number of carbonyl (C=O) groups excluding carboxylic acids is 1. The van der Waals surface area contributed by atoms with E-state index in [1.807, 2.05) is 6.92 Å². The van der Waals surface area contributed by atoms with Crippen molar-refractivity contribution in [3.05, 3.63) is 41.7 Å². The van der Waals surface area contributed by atoms with Gasteiger partial charge in [-0.05, 0) is 43.5 Å². The van der Waals surface area contributed by atoms with Crippen LogP contribution in [0.1, 0.15) is 28.9 Å². The van der Waals surface area contributed by atoms with Crippen molar-refractivity contribution in [2.24, 2.45) is 0 Å². The summed E-state index contributed by atoms with van der Waals surface area (Å²) in [5, 5.41) is 0. The molecule has 1 aromatic heterocycles. The zero-order valence-corrected chi connectivity index (χ0v) is 14.9. The fourth-order valence-electron chi connectivity index (χ4n) is 2.74. The van der Waals surface area contributed by atoms with Crippen molar-refractivity contribution in [3.8, 4) is 11.5 Å². The predicted molar refractivity (Wildman–Crippen MR) is 91.5 cm³/mol. The quantitative estimate of drug-likeness (QED) is 0.823. The van der Waals surface area contributed by atoms with E-state index in [0.717, 1.165) is 18.4 Å². The highest BCUT2D eigenvalue weighted by Crippen LogP contribution is 2.30. The molecule has 25 heavy (non-hydrogen) atoms. The minimum atomic E-state index is -4.08. The number of aromatic amines is 1. The Hall–Kier alpha value is -2.48. The highest BCUT2D eigenvalue weighted by atomic mass is 32.2. The minimum Gasteiger partial charge on any atom is -0.493 e. The van der Waals surface area contributed by atoms with Crippen LogP contribution in [0.5, 0.6) is 11.5 Å². The van der Waals surface area contributed by atoms with Crippen molar-refractivity contribution in [3.63, 3.8) is 0 Å². The Balaban J connectivity index is 1.82. The fourth-order valence-corrected chi connectivity index (χ4v) is 3.68. The maximum atomic E-state index is 12.5. The molecule has 1 aromatic carbocycles. The smallest absolute Gasteiger partial charge is 0.340 e. The minimum absolute atomic E-state index is 0.0988. The van der Waals surface area contributed by atoms with Crippen molar-refractivity contribution < 1.29 is 22.1 Å². The third-order valence-corrected chi connectivity index (χ3v) is 5.30. The molecule has 1 saturated heterocycles. The summed E-state index contributed by atoms with van der Waals surface area (Å²) >= 11 is 0. The van der Waals surface area contributed by atoms with Crippen molar-refractivity contribution in [2.45, 2.75) is 24.7 Å². The number of hydrogen-bond donors (Lipinski definition) is 1. The molecule has 134 valence electrons. The summed E-state index contributed by atoms with van der Waals surface area (Å²) in [5.41, 5.74) is 1.15. The van der Waals surface area contributed by atoms with Gasteiger partial charge in [0.05, 0.1) is 7.11 Å². The van der Waals surface area contributed by atoms with Gasteiger partial charge in [-0.15, -0.1) is 0 Å². The number of amides is 1. The molecule has 1 N–H and O–H groups in total. The van der Waals surface area contributed by atoms with E-state index in [1.165, 1.54) is 25.4 Å². The molecule has 1 aliphatic heterocycles. The first kappa shape index (κ1) is 17.3. The monoisotopic (exact) mass is 364 g/mol. The van der Waals surface area contributed by atoms with E-state index in [9.17, 15) is 13.2 Å². The first-order valence-corrected chi connectivity index (χ1v) is 9.38. The molecule has 8 heteroatoms. The first-order valence-electron chi connectivity index (χ1n) is 7.97. The number of hydrogen-bond acceptors (Lipinski definition) is 5. The number of aryl methyl sites for hydroxylation is 1. The van der Waals surface area contributed by atoms with Crippen LogP contribution in [0, 0.1) is 6.92 Å². The molecule has 0 atom stereocenters. The molecule has 0 radical (unpaired) electrons. The Kier molecular flexibility index (Phi) is 4.71. The second-order valence-corrected chi connectivity index (χ2v) is 7.49. The topological polar surface area (TPSA) is 88.7 Å². The van der Waals surface area contributed by atoms with Gasteiger partial charge in [0.25, 0.3) is 5.91 Å². The summed E-state index contributed by atoms with van der Waals surface area (Å²) in [6, 6.07) is 6.25. The molecule has 2 aromatic rings. The lowest BCUT2D eigenvalue weighted by atomic mass is 10.2. The Bertz CT molecular complexity index is 882. The van der Waals surface area contributed by atoms with Gasteiger partial charge < -0.3 is 18.8 Å². The number of carbonyl (C=O) groups is 1. The number of aromatic nitrogens is 1. The summed E-state index contributed by atoms with van der Waals surface area (Å²) in [7, 11) is -2.64. The van der Waals surface area contributed by atoms with Gasteiger partial charge in [-0.25, -0.2) is 0 Å². The maximum absolute atomic E-state index is 12.5. The summed E-state index contributed by atoms with van der Waals surface area (Å²) in [5.74, 6) is 0.223. The van der Waals surface area contributed by atoms with Crippen molar-refractivity contribution >= 4 is 16.0 Å². The number of benzene rings is 1. The summed E-state index contributed by atoms with van der Waals surface area (Å²) in [4.78, 5) is 16.7. The highest BCUT2D eigenvalue weighted by molar-refractivity contribution is 7.87. The van der Waals surface area contributed by atoms with Crippen LogP contribution in [0.2, 0.25) is 0 Å². The Morgan fingerprint density at radius 3 is 2.56 bits per heavy atom. The molecule has 0 aliphatic carbocycles. The van der Waals surface area contributed by atoms with Crippen LogP contribution < -0.4 is 8.92 Å². The van der Waals surface area contributed by atoms with Gasteiger partial charge in [0.1, 0.15) is 10.6 Å². The molecule has 2 heterocycles. The van der Waals surface area contributed by atoms with Crippen LogP contribution in [-0.2, 0) is 10.1 Å². The maximum Gasteiger partial charge on any atom is 0.340 e. The fraction of sp³-hybridized carbons (Fsp3) is 0.353. The molecular formula is C17H20N2O5S. The van der Waals surface area contributed by atoms with Crippen LogP contribution in [0.25, 0.3) is 0 Å². The summed E-state index contributed by atoms with van der Waals surface area (Å²) in [6.45, 7) is 3.25. The van der Waals surface area contributed by atoms with Crippen LogP contribution in [0.15, 0.2) is 35.4 Å². The Morgan fingerprint density at radius 1 is 1.16 bits per heavy atom. The molecule has 3 rings (SSSR count). The Morgan fingerprint density at radius 2 is 1.88 bits per heavy atom. The molecular weight excluding hydrogens is 344 g/mol. The number of rotatable bonds is 5. The number of nitrogens with one attached hydrogen (secondary N) is 1. The van der Waals surface area contributed by atoms with E-state index in [2.05, 4.69) is 4.98 Å². The molecule has 0 spiro atoms. The van der Waals surface area contributed by atoms with Crippen LogP contribution in [0.4, 0.5) is 0 Å². The van der Waals surface area contributed by atoms with E-state index in [4.69, 9.17) is 8.92 Å². The number of ether oxygens (including phenoxy) is 1. The number of H-pyrrole nitrogens is 1. The normalized spacial score (nSPS) is 14.6. The van der Waals surface area contributed by atoms with Crippen molar-refractivity contribution in [1.82, 2.24) is 9.88 Å². The van der Waals surface area contributed by atoms with Crippen LogP contribution in [0.3, 0.4) is 0 Å². The second-order valence-electron chi connectivity index (χ2n) is 5.94. The molecule has 0 bridgehead atoms. The van der Waals surface area contributed by atoms with E-state index in [1.54, 1.807) is 17.0 Å². The van der Waals surface area contributed by atoms with Gasteiger partial charge in [0.15, 0.2) is 11.5 Å². The molecule has 1 aliphatic rings. The first-order chi connectivity index (χ1) is 11.9. The lowest BCUT2D eigenvalue weighted by molar-refractivity contribution is 0.0787. The van der Waals surface area contributed by atoms with Crippen molar-refractivity contribution in [2.75, 3.05) is 20.2 Å². The van der Waals surface area contributed by atoms with E-state index in [-0.39, 0.29) is 22.2 Å². The standard InChI is InChI=1S/C17H20N2O5S/c1-12-5-6-15(16(9-12)23-2)24-25(21,22)13-10-14(18-11-13)17(20)19-7-3-4-8-19/h5-6,9-11,18H,3-4,7-8H2,1-2H3. The van der Waals surface area contributed by atoms with Crippen LogP contribution >= 0.6 is 0 Å². The average molecular weight is 364 g/mol. The van der Waals surface area contributed by atoms with E-state index < -0.39 is 10.1 Å². The zero-order chi connectivity index (χ0) is 18.0. The van der Waals surface area contributed by atoms with Gasteiger partial charge in [-0.1, -0.05) is 6.07 Å².